The van der Waals surface area contributed by atoms with Crippen LogP contribution in [0, 0.1) is 11.3 Å². The molecule has 5 heteroatoms. The number of benzene rings is 2. The van der Waals surface area contributed by atoms with Crippen LogP contribution in [0.15, 0.2) is 60.0 Å². The van der Waals surface area contributed by atoms with Crippen LogP contribution in [-0.4, -0.2) is 24.1 Å². The van der Waals surface area contributed by atoms with Crippen molar-refractivity contribution in [3.63, 3.8) is 0 Å². The zero-order valence-electron chi connectivity index (χ0n) is 15.1. The smallest absolute Gasteiger partial charge is 0.186 e. The summed E-state index contributed by atoms with van der Waals surface area (Å²) in [5.74, 6) is 0. The first-order valence-corrected chi connectivity index (χ1v) is 10.2. The van der Waals surface area contributed by atoms with Gasteiger partial charge in [0, 0.05) is 23.5 Å². The summed E-state index contributed by atoms with van der Waals surface area (Å²) in [6.07, 6.45) is 2.28. The monoisotopic (exact) mass is 374 g/mol. The molecule has 0 spiro atoms. The standard InChI is InChI=1S/C22H22N4S/c23-14-17-6-8-19(9-7-17)21-16-27-22(25-21)26(20-10-12-24-13-11-20)15-18-4-2-1-3-5-18/h1-9,16,20,24H,10-13,15H2. The van der Waals surface area contributed by atoms with E-state index in [1.165, 1.54) is 5.56 Å². The number of nitrogens with zero attached hydrogens (tertiary/aromatic N) is 3. The molecule has 0 aliphatic carbocycles. The van der Waals surface area contributed by atoms with Crippen LogP contribution in [0.3, 0.4) is 0 Å². The number of rotatable bonds is 5. The fourth-order valence-corrected chi connectivity index (χ4v) is 4.40. The average molecular weight is 375 g/mol. The summed E-state index contributed by atoms with van der Waals surface area (Å²) in [7, 11) is 0. The molecule has 1 fully saturated rings. The minimum Gasteiger partial charge on any atom is -0.341 e. The maximum Gasteiger partial charge on any atom is 0.186 e. The highest BCUT2D eigenvalue weighted by atomic mass is 32.1. The predicted molar refractivity (Wildman–Crippen MR) is 111 cm³/mol. The Kier molecular flexibility index (Phi) is 5.47. The Labute approximate surface area is 164 Å². The maximum atomic E-state index is 8.98. The van der Waals surface area contributed by atoms with Crippen LogP contribution in [-0.2, 0) is 6.54 Å². The van der Waals surface area contributed by atoms with Crippen molar-refractivity contribution in [1.29, 1.82) is 5.26 Å². The molecule has 1 saturated heterocycles. The van der Waals surface area contributed by atoms with E-state index in [-0.39, 0.29) is 0 Å². The Hall–Kier alpha value is -2.68. The van der Waals surface area contributed by atoms with Crippen LogP contribution in [0.2, 0.25) is 0 Å². The van der Waals surface area contributed by atoms with Crippen molar-refractivity contribution in [2.75, 3.05) is 18.0 Å². The highest BCUT2D eigenvalue weighted by Crippen LogP contribution is 2.31. The molecule has 1 N–H and O–H groups in total. The molecule has 0 unspecified atom stereocenters. The zero-order valence-corrected chi connectivity index (χ0v) is 16.0. The number of hydrogen-bond acceptors (Lipinski definition) is 5. The van der Waals surface area contributed by atoms with Gasteiger partial charge in [0.2, 0.25) is 0 Å². The number of hydrogen-bond donors (Lipinski definition) is 1. The third-order valence-corrected chi connectivity index (χ3v) is 5.87. The van der Waals surface area contributed by atoms with Gasteiger partial charge in [0.25, 0.3) is 0 Å². The molecular formula is C22H22N4S. The summed E-state index contributed by atoms with van der Waals surface area (Å²) < 4.78 is 0. The molecule has 4 rings (SSSR count). The van der Waals surface area contributed by atoms with Crippen LogP contribution >= 0.6 is 11.3 Å². The van der Waals surface area contributed by atoms with Gasteiger partial charge in [0.15, 0.2) is 5.13 Å². The molecule has 2 heterocycles. The first-order valence-electron chi connectivity index (χ1n) is 9.31. The van der Waals surface area contributed by atoms with Crippen molar-refractivity contribution in [3.8, 4) is 17.3 Å². The van der Waals surface area contributed by atoms with Crippen LogP contribution in [0.25, 0.3) is 11.3 Å². The summed E-state index contributed by atoms with van der Waals surface area (Å²) in [6.45, 7) is 3.00. The zero-order chi connectivity index (χ0) is 18.5. The van der Waals surface area contributed by atoms with E-state index in [9.17, 15) is 0 Å². The van der Waals surface area contributed by atoms with E-state index in [2.05, 4.69) is 52.0 Å². The number of nitrogens with one attached hydrogen (secondary N) is 1. The normalized spacial score (nSPS) is 14.6. The van der Waals surface area contributed by atoms with Gasteiger partial charge in [0.1, 0.15) is 0 Å². The molecule has 0 bridgehead atoms. The van der Waals surface area contributed by atoms with Crippen molar-refractivity contribution in [2.24, 2.45) is 0 Å². The molecule has 1 aromatic heterocycles. The van der Waals surface area contributed by atoms with Gasteiger partial charge in [-0.1, -0.05) is 42.5 Å². The lowest BCUT2D eigenvalue weighted by atomic mass is 10.0. The van der Waals surface area contributed by atoms with Crippen LogP contribution < -0.4 is 10.2 Å². The molecule has 0 amide bonds. The highest BCUT2D eigenvalue weighted by Gasteiger charge is 2.24. The van der Waals surface area contributed by atoms with E-state index < -0.39 is 0 Å². The fraction of sp³-hybridized carbons (Fsp3) is 0.273. The summed E-state index contributed by atoms with van der Waals surface area (Å²) >= 11 is 1.70. The van der Waals surface area contributed by atoms with Crippen LogP contribution in [0.1, 0.15) is 24.0 Å². The molecule has 1 aliphatic heterocycles. The van der Waals surface area contributed by atoms with E-state index in [0.29, 0.717) is 11.6 Å². The molecule has 4 nitrogen and oxygen atoms in total. The first kappa shape index (κ1) is 17.7. The minimum absolute atomic E-state index is 0.506. The van der Waals surface area contributed by atoms with Crippen molar-refractivity contribution >= 4 is 16.5 Å². The number of anilines is 1. The lowest BCUT2D eigenvalue weighted by Crippen LogP contribution is -2.43. The maximum absolute atomic E-state index is 8.98. The van der Waals surface area contributed by atoms with Gasteiger partial charge < -0.3 is 10.2 Å². The molecule has 2 aromatic carbocycles. The second-order valence-corrected chi connectivity index (χ2v) is 7.64. The highest BCUT2D eigenvalue weighted by molar-refractivity contribution is 7.14. The van der Waals surface area contributed by atoms with Gasteiger partial charge in [-0.3, -0.25) is 0 Å². The van der Waals surface area contributed by atoms with Crippen molar-refractivity contribution < 1.29 is 0 Å². The largest absolute Gasteiger partial charge is 0.341 e. The quantitative estimate of drug-likeness (QED) is 0.717. The van der Waals surface area contributed by atoms with E-state index in [4.69, 9.17) is 10.2 Å². The molecular weight excluding hydrogens is 352 g/mol. The Morgan fingerprint density at radius 2 is 1.81 bits per heavy atom. The molecule has 3 aromatic rings. The van der Waals surface area contributed by atoms with Crippen molar-refractivity contribution in [3.05, 3.63) is 71.1 Å². The van der Waals surface area contributed by atoms with Gasteiger partial charge in [-0.15, -0.1) is 11.3 Å². The summed E-state index contributed by atoms with van der Waals surface area (Å²) in [6, 6.07) is 20.9. The molecule has 1 aliphatic rings. The van der Waals surface area contributed by atoms with E-state index in [1.807, 2.05) is 24.3 Å². The Balaban J connectivity index is 1.61. The van der Waals surface area contributed by atoms with E-state index in [0.717, 1.165) is 48.9 Å². The van der Waals surface area contributed by atoms with Crippen LogP contribution in [0.4, 0.5) is 5.13 Å². The summed E-state index contributed by atoms with van der Waals surface area (Å²) in [5.41, 5.74) is 4.02. The number of nitriles is 1. The number of piperidine rings is 1. The van der Waals surface area contributed by atoms with Crippen LogP contribution in [0.5, 0.6) is 0 Å². The molecule has 27 heavy (non-hydrogen) atoms. The number of thiazole rings is 1. The van der Waals surface area contributed by atoms with Gasteiger partial charge in [-0.2, -0.15) is 5.26 Å². The second-order valence-electron chi connectivity index (χ2n) is 6.80. The topological polar surface area (TPSA) is 52.0 Å². The Morgan fingerprint density at radius 1 is 1.07 bits per heavy atom. The Bertz CT molecular complexity index is 905. The summed E-state index contributed by atoms with van der Waals surface area (Å²) in [5, 5.41) is 15.6. The fourth-order valence-electron chi connectivity index (χ4n) is 3.50. The van der Waals surface area contributed by atoms with E-state index >= 15 is 0 Å². The SMILES string of the molecule is N#Cc1ccc(-c2csc(N(Cc3ccccc3)C3CCNCC3)n2)cc1. The first-order chi connectivity index (χ1) is 13.3. The van der Waals surface area contributed by atoms with E-state index in [1.54, 1.807) is 11.3 Å². The van der Waals surface area contributed by atoms with Gasteiger partial charge in [-0.05, 0) is 43.6 Å². The van der Waals surface area contributed by atoms with Gasteiger partial charge in [-0.25, -0.2) is 4.98 Å². The molecule has 0 atom stereocenters. The Morgan fingerprint density at radius 3 is 2.52 bits per heavy atom. The lowest BCUT2D eigenvalue weighted by molar-refractivity contribution is 0.428. The number of aromatic nitrogens is 1. The lowest BCUT2D eigenvalue weighted by Gasteiger charge is -2.34. The average Bonchev–Trinajstić information content (AvgIpc) is 3.23. The van der Waals surface area contributed by atoms with Crippen molar-refractivity contribution in [1.82, 2.24) is 10.3 Å². The summed E-state index contributed by atoms with van der Waals surface area (Å²) in [4.78, 5) is 7.42. The van der Waals surface area contributed by atoms with Gasteiger partial charge >= 0.3 is 0 Å². The predicted octanol–water partition coefficient (Wildman–Crippen LogP) is 4.44. The van der Waals surface area contributed by atoms with Gasteiger partial charge in [0.05, 0.1) is 17.3 Å². The van der Waals surface area contributed by atoms with Crippen molar-refractivity contribution in [2.45, 2.75) is 25.4 Å². The molecule has 136 valence electrons. The third-order valence-electron chi connectivity index (χ3n) is 4.99. The molecule has 0 saturated carbocycles. The minimum atomic E-state index is 0.506. The molecule has 0 radical (unpaired) electrons. The third kappa shape index (κ3) is 4.19. The second kappa shape index (κ2) is 8.34.